The van der Waals surface area contributed by atoms with Crippen LogP contribution < -0.4 is 0 Å². The minimum absolute atomic E-state index is 0.141. The minimum atomic E-state index is -3.00. The largest absolute Gasteiger partial charge is 0.342 e. The molecule has 2 rings (SSSR count). The number of sulfone groups is 1. The molecular formula is C20H31NO3S. The summed E-state index contributed by atoms with van der Waals surface area (Å²) in [6.07, 6.45) is 1.99. The quantitative estimate of drug-likeness (QED) is 0.776. The van der Waals surface area contributed by atoms with Crippen molar-refractivity contribution in [1.82, 2.24) is 4.90 Å². The standard InChI is InChI=1S/C20H31NO3S/c1-15(2)19-7-5-17(6-8-19)13-20(22)21-11-9-18(10-12-21)14-25(23,24)16(3)4/h5-8,15-16,18H,9-14H2,1-4H3. The van der Waals surface area contributed by atoms with Gasteiger partial charge in [0.25, 0.3) is 0 Å². The van der Waals surface area contributed by atoms with E-state index in [9.17, 15) is 13.2 Å². The first-order valence-corrected chi connectivity index (χ1v) is 11.0. The molecule has 0 bridgehead atoms. The first-order valence-electron chi connectivity index (χ1n) is 9.27. The van der Waals surface area contributed by atoms with Crippen LogP contribution in [0, 0.1) is 5.92 Å². The molecule has 0 aromatic heterocycles. The molecule has 140 valence electrons. The number of carbonyl (C=O) groups excluding carboxylic acids is 1. The molecule has 1 amide bonds. The van der Waals surface area contributed by atoms with Crippen LogP contribution in [0.2, 0.25) is 0 Å². The van der Waals surface area contributed by atoms with Crippen LogP contribution >= 0.6 is 0 Å². The second-order valence-electron chi connectivity index (χ2n) is 7.78. The number of amides is 1. The monoisotopic (exact) mass is 365 g/mol. The molecule has 0 N–H and O–H groups in total. The van der Waals surface area contributed by atoms with Gasteiger partial charge in [0.15, 0.2) is 9.84 Å². The summed E-state index contributed by atoms with van der Waals surface area (Å²) in [5, 5.41) is -0.319. The van der Waals surface area contributed by atoms with Gasteiger partial charge in [0, 0.05) is 13.1 Å². The maximum absolute atomic E-state index is 12.5. The molecular weight excluding hydrogens is 334 g/mol. The highest BCUT2D eigenvalue weighted by Gasteiger charge is 2.27. The van der Waals surface area contributed by atoms with Crippen molar-refractivity contribution in [3.63, 3.8) is 0 Å². The zero-order valence-electron chi connectivity index (χ0n) is 15.9. The molecule has 0 atom stereocenters. The van der Waals surface area contributed by atoms with Crippen molar-refractivity contribution >= 4 is 15.7 Å². The van der Waals surface area contributed by atoms with E-state index in [1.165, 1.54) is 5.56 Å². The zero-order chi connectivity index (χ0) is 18.6. The molecule has 1 heterocycles. The van der Waals surface area contributed by atoms with Crippen LogP contribution in [0.5, 0.6) is 0 Å². The van der Waals surface area contributed by atoms with Crippen molar-refractivity contribution < 1.29 is 13.2 Å². The van der Waals surface area contributed by atoms with E-state index in [2.05, 4.69) is 26.0 Å². The molecule has 1 aromatic carbocycles. The average molecular weight is 366 g/mol. The van der Waals surface area contributed by atoms with E-state index in [1.807, 2.05) is 17.0 Å². The van der Waals surface area contributed by atoms with Crippen molar-refractivity contribution in [2.75, 3.05) is 18.8 Å². The SMILES string of the molecule is CC(C)c1ccc(CC(=O)N2CCC(CS(=O)(=O)C(C)C)CC2)cc1. The average Bonchev–Trinajstić information content (AvgIpc) is 2.55. The first kappa shape index (κ1) is 20.0. The van der Waals surface area contributed by atoms with Crippen LogP contribution in [0.1, 0.15) is 57.6 Å². The number of hydrogen-bond acceptors (Lipinski definition) is 3. The van der Waals surface area contributed by atoms with Crippen molar-refractivity contribution in [3.05, 3.63) is 35.4 Å². The summed E-state index contributed by atoms with van der Waals surface area (Å²) in [6, 6.07) is 8.26. The Hall–Kier alpha value is -1.36. The topological polar surface area (TPSA) is 54.5 Å². The highest BCUT2D eigenvalue weighted by atomic mass is 32.2. The third-order valence-electron chi connectivity index (χ3n) is 5.16. The summed E-state index contributed by atoms with van der Waals surface area (Å²) in [6.45, 7) is 9.12. The van der Waals surface area contributed by atoms with Gasteiger partial charge < -0.3 is 4.90 Å². The van der Waals surface area contributed by atoms with Gasteiger partial charge in [-0.2, -0.15) is 0 Å². The summed E-state index contributed by atoms with van der Waals surface area (Å²) >= 11 is 0. The molecule has 5 heteroatoms. The lowest BCUT2D eigenvalue weighted by Crippen LogP contribution is -2.41. The van der Waals surface area contributed by atoms with Gasteiger partial charge in [-0.3, -0.25) is 4.79 Å². The molecule has 0 radical (unpaired) electrons. The Bertz CT molecular complexity index is 669. The predicted molar refractivity (Wildman–Crippen MR) is 102 cm³/mol. The summed E-state index contributed by atoms with van der Waals surface area (Å²) in [5.74, 6) is 1.07. The molecule has 0 spiro atoms. The number of carbonyl (C=O) groups is 1. The van der Waals surface area contributed by atoms with Gasteiger partial charge in [0.2, 0.25) is 5.91 Å². The lowest BCUT2D eigenvalue weighted by molar-refractivity contribution is -0.131. The Morgan fingerprint density at radius 1 is 1.08 bits per heavy atom. The minimum Gasteiger partial charge on any atom is -0.342 e. The third kappa shape index (κ3) is 5.56. The van der Waals surface area contributed by atoms with E-state index < -0.39 is 9.84 Å². The predicted octanol–water partition coefficient (Wildman–Crippen LogP) is 3.41. The van der Waals surface area contributed by atoms with E-state index >= 15 is 0 Å². The van der Waals surface area contributed by atoms with Gasteiger partial charge >= 0.3 is 0 Å². The summed E-state index contributed by atoms with van der Waals surface area (Å²) in [5.41, 5.74) is 2.32. The highest BCUT2D eigenvalue weighted by Crippen LogP contribution is 2.22. The molecule has 1 saturated heterocycles. The van der Waals surface area contributed by atoms with Crippen molar-refractivity contribution in [2.45, 2.75) is 58.1 Å². The first-order chi connectivity index (χ1) is 11.7. The zero-order valence-corrected chi connectivity index (χ0v) is 16.7. The number of hydrogen-bond donors (Lipinski definition) is 0. The van der Waals surface area contributed by atoms with Gasteiger partial charge in [0.05, 0.1) is 17.4 Å². The van der Waals surface area contributed by atoms with Gasteiger partial charge in [-0.05, 0) is 49.7 Å². The second kappa shape index (κ2) is 8.35. The van der Waals surface area contributed by atoms with E-state index in [1.54, 1.807) is 13.8 Å². The number of benzene rings is 1. The summed E-state index contributed by atoms with van der Waals surface area (Å²) < 4.78 is 24.1. The lowest BCUT2D eigenvalue weighted by atomic mass is 9.97. The lowest BCUT2D eigenvalue weighted by Gasteiger charge is -2.32. The number of piperidine rings is 1. The molecule has 25 heavy (non-hydrogen) atoms. The maximum atomic E-state index is 12.5. The fourth-order valence-corrected chi connectivity index (χ4v) is 4.55. The highest BCUT2D eigenvalue weighted by molar-refractivity contribution is 7.91. The van der Waals surface area contributed by atoms with Crippen molar-refractivity contribution in [1.29, 1.82) is 0 Å². The Labute approximate surface area is 152 Å². The molecule has 0 aliphatic carbocycles. The van der Waals surface area contributed by atoms with Gasteiger partial charge in [-0.1, -0.05) is 38.1 Å². The molecule has 1 aliphatic rings. The van der Waals surface area contributed by atoms with E-state index in [-0.39, 0.29) is 22.8 Å². The van der Waals surface area contributed by atoms with Crippen LogP contribution in [0.4, 0.5) is 0 Å². The number of rotatable bonds is 6. The van der Waals surface area contributed by atoms with Crippen LogP contribution in [0.25, 0.3) is 0 Å². The van der Waals surface area contributed by atoms with Gasteiger partial charge in [-0.15, -0.1) is 0 Å². The Kier molecular flexibility index (Phi) is 6.66. The number of likely N-dealkylation sites (tertiary alicyclic amines) is 1. The number of nitrogens with zero attached hydrogens (tertiary/aromatic N) is 1. The van der Waals surface area contributed by atoms with E-state index in [0.29, 0.717) is 25.4 Å². The van der Waals surface area contributed by atoms with Crippen LogP contribution in [-0.4, -0.2) is 43.3 Å². The fourth-order valence-electron chi connectivity index (χ4n) is 3.18. The Morgan fingerprint density at radius 2 is 1.64 bits per heavy atom. The van der Waals surface area contributed by atoms with Crippen molar-refractivity contribution in [2.24, 2.45) is 5.92 Å². The second-order valence-corrected chi connectivity index (χ2v) is 10.4. The van der Waals surface area contributed by atoms with E-state index in [4.69, 9.17) is 0 Å². The Balaban J connectivity index is 1.85. The van der Waals surface area contributed by atoms with Gasteiger partial charge in [0.1, 0.15) is 0 Å². The maximum Gasteiger partial charge on any atom is 0.226 e. The molecule has 1 aromatic rings. The molecule has 1 aliphatic heterocycles. The fraction of sp³-hybridized carbons (Fsp3) is 0.650. The summed E-state index contributed by atoms with van der Waals surface area (Å²) in [7, 11) is -3.00. The molecule has 0 unspecified atom stereocenters. The molecule has 4 nitrogen and oxygen atoms in total. The van der Waals surface area contributed by atoms with Crippen molar-refractivity contribution in [3.8, 4) is 0 Å². The van der Waals surface area contributed by atoms with E-state index in [0.717, 1.165) is 18.4 Å². The molecule has 1 fully saturated rings. The van der Waals surface area contributed by atoms with Crippen LogP contribution in [0.3, 0.4) is 0 Å². The smallest absolute Gasteiger partial charge is 0.226 e. The normalized spacial score (nSPS) is 16.6. The van der Waals surface area contributed by atoms with Crippen LogP contribution in [0.15, 0.2) is 24.3 Å². The molecule has 0 saturated carbocycles. The van der Waals surface area contributed by atoms with Gasteiger partial charge in [-0.25, -0.2) is 8.42 Å². The Morgan fingerprint density at radius 3 is 2.12 bits per heavy atom. The third-order valence-corrected chi connectivity index (χ3v) is 7.53. The van der Waals surface area contributed by atoms with Crippen LogP contribution in [-0.2, 0) is 21.1 Å². The summed E-state index contributed by atoms with van der Waals surface area (Å²) in [4.78, 5) is 14.4.